The van der Waals surface area contributed by atoms with Crippen molar-refractivity contribution in [3.05, 3.63) is 23.8 Å². The molecule has 1 aliphatic carbocycles. The number of carbonyl (C=O) groups is 1. The average molecular weight is 383 g/mol. The Bertz CT molecular complexity index is 603. The van der Waals surface area contributed by atoms with Gasteiger partial charge in [0.2, 0.25) is 0 Å². The second kappa shape index (κ2) is 9.47. The molecule has 0 spiro atoms. The molecule has 1 aromatic rings. The topological polar surface area (TPSA) is 64.8 Å². The average Bonchev–Trinajstić information content (AvgIpc) is 3.14. The van der Waals surface area contributed by atoms with Crippen LogP contribution in [0.4, 0.5) is 0 Å². The Kier molecular flexibility index (Phi) is 7.59. The Morgan fingerprint density at radius 1 is 1.15 bits per heavy atom. The van der Waals surface area contributed by atoms with Gasteiger partial charge in [-0.15, -0.1) is 12.4 Å². The molecule has 2 N–H and O–H groups in total. The highest BCUT2D eigenvalue weighted by molar-refractivity contribution is 5.95. The molecule has 1 heterocycles. The first kappa shape index (κ1) is 20.8. The standard InChI is InChI=1S/C20H30N2O3.ClH/c1-14(21)17-9-5-6-12-22(17)20(23)15-10-11-18(19(13-15)24-2)25-16-7-3-4-8-16;/h10-11,13-14,16-17H,3-9,12,21H2,1-2H3;1H. The molecule has 1 saturated carbocycles. The molecule has 0 bridgehead atoms. The summed E-state index contributed by atoms with van der Waals surface area (Å²) in [6.07, 6.45) is 8.03. The lowest BCUT2D eigenvalue weighted by Crippen LogP contribution is -2.51. The van der Waals surface area contributed by atoms with Crippen LogP contribution in [0.2, 0.25) is 0 Å². The normalized spacial score (nSPS) is 21.8. The van der Waals surface area contributed by atoms with Crippen LogP contribution in [0, 0.1) is 0 Å². The lowest BCUT2D eigenvalue weighted by Gasteiger charge is -2.38. The number of likely N-dealkylation sites (tertiary alicyclic amines) is 1. The zero-order valence-corrected chi connectivity index (χ0v) is 16.6. The van der Waals surface area contributed by atoms with Gasteiger partial charge in [0.25, 0.3) is 5.91 Å². The largest absolute Gasteiger partial charge is 0.493 e. The molecule has 146 valence electrons. The van der Waals surface area contributed by atoms with Crippen LogP contribution in [0.25, 0.3) is 0 Å². The molecule has 2 unspecified atom stereocenters. The Morgan fingerprint density at radius 2 is 1.85 bits per heavy atom. The minimum absolute atomic E-state index is 0. The number of ether oxygens (including phenoxy) is 2. The van der Waals surface area contributed by atoms with Crippen molar-refractivity contribution < 1.29 is 14.3 Å². The van der Waals surface area contributed by atoms with Crippen molar-refractivity contribution in [3.63, 3.8) is 0 Å². The van der Waals surface area contributed by atoms with Gasteiger partial charge >= 0.3 is 0 Å². The van der Waals surface area contributed by atoms with Gasteiger partial charge in [-0.2, -0.15) is 0 Å². The minimum atomic E-state index is -0.0175. The van der Waals surface area contributed by atoms with Gasteiger partial charge in [-0.1, -0.05) is 0 Å². The number of hydrogen-bond donors (Lipinski definition) is 1. The first-order valence-corrected chi connectivity index (χ1v) is 9.51. The van der Waals surface area contributed by atoms with Crippen molar-refractivity contribution in [3.8, 4) is 11.5 Å². The fraction of sp³-hybridized carbons (Fsp3) is 0.650. The van der Waals surface area contributed by atoms with Crippen LogP contribution < -0.4 is 15.2 Å². The van der Waals surface area contributed by atoms with E-state index in [4.69, 9.17) is 15.2 Å². The van der Waals surface area contributed by atoms with Crippen LogP contribution in [0.15, 0.2) is 18.2 Å². The van der Waals surface area contributed by atoms with Crippen LogP contribution in [0.1, 0.15) is 62.2 Å². The molecular weight excluding hydrogens is 352 g/mol. The molecule has 1 aliphatic heterocycles. The quantitative estimate of drug-likeness (QED) is 0.841. The van der Waals surface area contributed by atoms with E-state index in [-0.39, 0.29) is 36.5 Å². The van der Waals surface area contributed by atoms with E-state index in [0.29, 0.717) is 11.3 Å². The number of nitrogens with two attached hydrogens (primary N) is 1. The highest BCUT2D eigenvalue weighted by Crippen LogP contribution is 2.33. The predicted octanol–water partition coefficient (Wildman–Crippen LogP) is 3.78. The summed E-state index contributed by atoms with van der Waals surface area (Å²) in [5.74, 6) is 1.40. The fourth-order valence-corrected chi connectivity index (χ4v) is 4.01. The fourth-order valence-electron chi connectivity index (χ4n) is 4.01. The molecule has 1 amide bonds. The highest BCUT2D eigenvalue weighted by Gasteiger charge is 2.30. The van der Waals surface area contributed by atoms with Gasteiger partial charge in [0.05, 0.1) is 13.2 Å². The molecule has 26 heavy (non-hydrogen) atoms. The third-order valence-electron chi connectivity index (χ3n) is 5.42. The van der Waals surface area contributed by atoms with Gasteiger partial charge in [0.15, 0.2) is 11.5 Å². The van der Waals surface area contributed by atoms with E-state index in [1.807, 2.05) is 24.0 Å². The number of nitrogens with zero attached hydrogens (tertiary/aromatic N) is 1. The van der Waals surface area contributed by atoms with Crippen molar-refractivity contribution in [1.29, 1.82) is 0 Å². The number of hydrogen-bond acceptors (Lipinski definition) is 4. The molecule has 1 saturated heterocycles. The lowest BCUT2D eigenvalue weighted by atomic mass is 9.96. The van der Waals surface area contributed by atoms with Gasteiger partial charge in [-0.3, -0.25) is 4.79 Å². The van der Waals surface area contributed by atoms with Crippen molar-refractivity contribution in [2.45, 2.75) is 70.1 Å². The van der Waals surface area contributed by atoms with E-state index in [1.54, 1.807) is 13.2 Å². The molecule has 3 rings (SSSR count). The van der Waals surface area contributed by atoms with Crippen LogP contribution >= 0.6 is 12.4 Å². The molecule has 2 atom stereocenters. The molecule has 5 nitrogen and oxygen atoms in total. The van der Waals surface area contributed by atoms with E-state index < -0.39 is 0 Å². The number of amides is 1. The number of piperidine rings is 1. The summed E-state index contributed by atoms with van der Waals surface area (Å²) in [4.78, 5) is 14.9. The highest BCUT2D eigenvalue weighted by atomic mass is 35.5. The predicted molar refractivity (Wildman–Crippen MR) is 105 cm³/mol. The molecule has 6 heteroatoms. The molecular formula is C20H31ClN2O3. The third kappa shape index (κ3) is 4.63. The van der Waals surface area contributed by atoms with E-state index >= 15 is 0 Å². The summed E-state index contributed by atoms with van der Waals surface area (Å²) in [6.45, 7) is 2.75. The van der Waals surface area contributed by atoms with E-state index in [2.05, 4.69) is 0 Å². The number of methoxy groups -OCH3 is 1. The summed E-state index contributed by atoms with van der Waals surface area (Å²) in [5, 5.41) is 0. The Hall–Kier alpha value is -1.46. The molecule has 1 aromatic carbocycles. The molecule has 0 radical (unpaired) electrons. The van der Waals surface area contributed by atoms with Crippen LogP contribution in [-0.2, 0) is 0 Å². The van der Waals surface area contributed by atoms with Crippen LogP contribution in [0.3, 0.4) is 0 Å². The maximum atomic E-state index is 13.0. The maximum Gasteiger partial charge on any atom is 0.254 e. The van der Waals surface area contributed by atoms with Crippen molar-refractivity contribution >= 4 is 18.3 Å². The maximum absolute atomic E-state index is 13.0. The van der Waals surface area contributed by atoms with Crippen molar-refractivity contribution in [2.24, 2.45) is 5.73 Å². The number of carbonyl (C=O) groups excluding carboxylic acids is 1. The van der Waals surface area contributed by atoms with E-state index in [1.165, 1.54) is 12.8 Å². The first-order valence-electron chi connectivity index (χ1n) is 9.51. The Balaban J connectivity index is 0.00000243. The lowest BCUT2D eigenvalue weighted by molar-refractivity contribution is 0.0583. The molecule has 2 aliphatic rings. The summed E-state index contributed by atoms with van der Waals surface area (Å²) < 4.78 is 11.6. The van der Waals surface area contributed by atoms with Crippen LogP contribution in [0.5, 0.6) is 11.5 Å². The van der Waals surface area contributed by atoms with Gasteiger partial charge < -0.3 is 20.1 Å². The Labute approximate surface area is 162 Å². The summed E-state index contributed by atoms with van der Waals surface area (Å²) in [7, 11) is 1.62. The molecule has 0 aromatic heterocycles. The van der Waals surface area contributed by atoms with Crippen LogP contribution in [-0.4, -0.2) is 42.6 Å². The minimum Gasteiger partial charge on any atom is -0.493 e. The molecule has 2 fully saturated rings. The van der Waals surface area contributed by atoms with Gasteiger partial charge in [0, 0.05) is 24.2 Å². The van der Waals surface area contributed by atoms with Gasteiger partial charge in [0.1, 0.15) is 0 Å². The monoisotopic (exact) mass is 382 g/mol. The number of rotatable bonds is 5. The summed E-state index contributed by atoms with van der Waals surface area (Å²) in [5.41, 5.74) is 6.75. The van der Waals surface area contributed by atoms with Gasteiger partial charge in [-0.05, 0) is 70.1 Å². The summed E-state index contributed by atoms with van der Waals surface area (Å²) in [6, 6.07) is 5.62. The number of halogens is 1. The first-order chi connectivity index (χ1) is 12.1. The SMILES string of the molecule is COc1cc(C(=O)N2CCCCC2C(C)N)ccc1OC1CCCC1.Cl. The zero-order chi connectivity index (χ0) is 17.8. The van der Waals surface area contributed by atoms with Crippen molar-refractivity contribution in [1.82, 2.24) is 4.90 Å². The second-order valence-corrected chi connectivity index (χ2v) is 7.31. The zero-order valence-electron chi connectivity index (χ0n) is 15.8. The van der Waals surface area contributed by atoms with E-state index in [0.717, 1.165) is 44.4 Å². The Morgan fingerprint density at radius 3 is 2.50 bits per heavy atom. The van der Waals surface area contributed by atoms with Gasteiger partial charge in [-0.25, -0.2) is 0 Å². The number of benzene rings is 1. The smallest absolute Gasteiger partial charge is 0.254 e. The summed E-state index contributed by atoms with van der Waals surface area (Å²) >= 11 is 0. The van der Waals surface area contributed by atoms with E-state index in [9.17, 15) is 4.79 Å². The van der Waals surface area contributed by atoms with Crippen molar-refractivity contribution in [2.75, 3.05) is 13.7 Å². The second-order valence-electron chi connectivity index (χ2n) is 7.31. The third-order valence-corrected chi connectivity index (χ3v) is 5.42.